The Balaban J connectivity index is 2.21. The van der Waals surface area contributed by atoms with Crippen molar-refractivity contribution in [2.75, 3.05) is 11.6 Å². The molecule has 0 aromatic heterocycles. The molecule has 0 aliphatic heterocycles. The van der Waals surface area contributed by atoms with Gasteiger partial charge in [-0.3, -0.25) is 0 Å². The van der Waals surface area contributed by atoms with E-state index in [0.717, 1.165) is 24.4 Å². The Labute approximate surface area is 96.8 Å². The topological polar surface area (TPSA) is 46.2 Å². The lowest BCUT2D eigenvalue weighted by Gasteiger charge is -2.34. The number of nitrogens with one attached hydrogen (secondary N) is 1. The maximum absolute atomic E-state index is 11.6. The molecule has 1 saturated carbocycles. The molecular weight excluding hydrogens is 222 g/mol. The van der Waals surface area contributed by atoms with Gasteiger partial charge in [-0.1, -0.05) is 19.1 Å². The van der Waals surface area contributed by atoms with E-state index in [-0.39, 0.29) is 0 Å². The minimum absolute atomic E-state index is 0.398. The first kappa shape index (κ1) is 11.5. The monoisotopic (exact) mass is 239 g/mol. The maximum atomic E-state index is 11.6. The zero-order chi connectivity index (χ0) is 11.8. The van der Waals surface area contributed by atoms with Crippen molar-refractivity contribution in [1.29, 1.82) is 0 Å². The molecule has 0 unspecified atom stereocenters. The van der Waals surface area contributed by atoms with Crippen LogP contribution in [-0.2, 0) is 9.84 Å². The minimum atomic E-state index is -3.14. The van der Waals surface area contributed by atoms with Crippen LogP contribution in [0.1, 0.15) is 19.8 Å². The van der Waals surface area contributed by atoms with Crippen molar-refractivity contribution in [3.8, 4) is 0 Å². The van der Waals surface area contributed by atoms with Crippen LogP contribution in [0.4, 0.5) is 5.69 Å². The van der Waals surface area contributed by atoms with E-state index in [1.807, 2.05) is 12.1 Å². The van der Waals surface area contributed by atoms with Crippen LogP contribution in [-0.4, -0.2) is 20.7 Å². The molecule has 88 valence electrons. The Kier molecular flexibility index (Phi) is 2.93. The molecule has 1 fully saturated rings. The van der Waals surface area contributed by atoms with Gasteiger partial charge < -0.3 is 5.32 Å². The van der Waals surface area contributed by atoms with Crippen LogP contribution >= 0.6 is 0 Å². The molecule has 16 heavy (non-hydrogen) atoms. The van der Waals surface area contributed by atoms with Crippen LogP contribution in [0.25, 0.3) is 0 Å². The van der Waals surface area contributed by atoms with E-state index in [4.69, 9.17) is 0 Å². The van der Waals surface area contributed by atoms with Crippen molar-refractivity contribution in [3.05, 3.63) is 24.3 Å². The zero-order valence-corrected chi connectivity index (χ0v) is 10.4. The van der Waals surface area contributed by atoms with Crippen LogP contribution in [0.5, 0.6) is 0 Å². The number of rotatable bonds is 3. The van der Waals surface area contributed by atoms with Gasteiger partial charge in [0.15, 0.2) is 9.84 Å². The van der Waals surface area contributed by atoms with Gasteiger partial charge in [-0.05, 0) is 30.9 Å². The smallest absolute Gasteiger partial charge is 0.177 e. The second-order valence-electron chi connectivity index (χ2n) is 4.69. The third-order valence-corrected chi connectivity index (χ3v) is 4.17. The van der Waals surface area contributed by atoms with Crippen molar-refractivity contribution in [3.63, 3.8) is 0 Å². The molecule has 4 heteroatoms. The number of para-hydroxylation sites is 1. The molecule has 1 aliphatic rings. The van der Waals surface area contributed by atoms with Crippen molar-refractivity contribution in [2.24, 2.45) is 5.92 Å². The largest absolute Gasteiger partial charge is 0.381 e. The number of benzene rings is 1. The highest BCUT2D eigenvalue weighted by molar-refractivity contribution is 7.90. The van der Waals surface area contributed by atoms with E-state index in [2.05, 4.69) is 12.2 Å². The van der Waals surface area contributed by atoms with E-state index >= 15 is 0 Å². The Morgan fingerprint density at radius 2 is 1.88 bits per heavy atom. The molecule has 1 aliphatic carbocycles. The number of sulfone groups is 1. The van der Waals surface area contributed by atoms with Gasteiger partial charge in [0.05, 0.1) is 10.6 Å². The molecule has 1 aromatic carbocycles. The van der Waals surface area contributed by atoms with Gasteiger partial charge in [0.25, 0.3) is 0 Å². The van der Waals surface area contributed by atoms with Gasteiger partial charge in [0, 0.05) is 12.3 Å². The van der Waals surface area contributed by atoms with Crippen LogP contribution in [0.3, 0.4) is 0 Å². The van der Waals surface area contributed by atoms with Gasteiger partial charge in [-0.25, -0.2) is 8.42 Å². The van der Waals surface area contributed by atoms with Crippen molar-refractivity contribution < 1.29 is 8.42 Å². The molecule has 0 spiro atoms. The van der Waals surface area contributed by atoms with Crippen molar-refractivity contribution >= 4 is 15.5 Å². The summed E-state index contributed by atoms with van der Waals surface area (Å²) in [5.74, 6) is 0.753. The van der Waals surface area contributed by atoms with Crippen LogP contribution in [0, 0.1) is 5.92 Å². The van der Waals surface area contributed by atoms with Crippen LogP contribution in [0.2, 0.25) is 0 Å². The molecule has 0 amide bonds. The predicted octanol–water partition coefficient (Wildman–Crippen LogP) is 2.30. The van der Waals surface area contributed by atoms with Gasteiger partial charge in [-0.15, -0.1) is 0 Å². The molecule has 0 radical (unpaired) electrons. The summed E-state index contributed by atoms with van der Waals surface area (Å²) >= 11 is 0. The lowest BCUT2D eigenvalue weighted by molar-refractivity contribution is 0.309. The summed E-state index contributed by atoms with van der Waals surface area (Å²) in [6, 6.07) is 7.53. The molecule has 0 heterocycles. The van der Waals surface area contributed by atoms with Gasteiger partial charge in [0.2, 0.25) is 0 Å². The average molecular weight is 239 g/mol. The van der Waals surface area contributed by atoms with E-state index in [1.165, 1.54) is 6.26 Å². The first-order valence-electron chi connectivity index (χ1n) is 5.52. The maximum Gasteiger partial charge on any atom is 0.177 e. The molecule has 0 bridgehead atoms. The first-order valence-corrected chi connectivity index (χ1v) is 7.41. The van der Waals surface area contributed by atoms with Gasteiger partial charge in [0.1, 0.15) is 0 Å². The Morgan fingerprint density at radius 1 is 1.25 bits per heavy atom. The molecule has 1 aromatic rings. The Morgan fingerprint density at radius 3 is 2.44 bits per heavy atom. The fraction of sp³-hybridized carbons (Fsp3) is 0.500. The summed E-state index contributed by atoms with van der Waals surface area (Å²) in [5.41, 5.74) is 0.738. The molecule has 0 saturated heterocycles. The van der Waals surface area contributed by atoms with Crippen LogP contribution in [0.15, 0.2) is 29.2 Å². The van der Waals surface area contributed by atoms with Gasteiger partial charge in [-0.2, -0.15) is 0 Å². The number of anilines is 1. The fourth-order valence-corrected chi connectivity index (χ4v) is 3.00. The predicted molar refractivity (Wildman–Crippen MR) is 65.4 cm³/mol. The van der Waals surface area contributed by atoms with Crippen LogP contribution < -0.4 is 5.32 Å². The Bertz CT molecular complexity index is 476. The third-order valence-electron chi connectivity index (χ3n) is 3.02. The molecule has 1 N–H and O–H groups in total. The zero-order valence-electron chi connectivity index (χ0n) is 9.60. The van der Waals surface area contributed by atoms with E-state index in [9.17, 15) is 8.42 Å². The molecule has 3 nitrogen and oxygen atoms in total. The number of hydrogen-bond donors (Lipinski definition) is 1. The second-order valence-corrected chi connectivity index (χ2v) is 6.67. The van der Waals surface area contributed by atoms with E-state index < -0.39 is 9.84 Å². The summed E-state index contributed by atoms with van der Waals surface area (Å²) < 4.78 is 23.1. The highest BCUT2D eigenvalue weighted by Gasteiger charge is 2.26. The second kappa shape index (κ2) is 4.09. The van der Waals surface area contributed by atoms with E-state index in [1.54, 1.807) is 12.1 Å². The molecule has 2 rings (SSSR count). The minimum Gasteiger partial charge on any atom is -0.381 e. The lowest BCUT2D eigenvalue weighted by Crippen LogP contribution is -2.34. The fourth-order valence-electron chi connectivity index (χ4n) is 2.15. The lowest BCUT2D eigenvalue weighted by atomic mass is 9.82. The summed E-state index contributed by atoms with van der Waals surface area (Å²) in [6.07, 6.45) is 3.49. The molecular formula is C12H17NO2S. The highest BCUT2D eigenvalue weighted by atomic mass is 32.2. The summed E-state index contributed by atoms with van der Waals surface area (Å²) in [6.45, 7) is 2.21. The summed E-state index contributed by atoms with van der Waals surface area (Å²) in [7, 11) is -3.14. The quantitative estimate of drug-likeness (QED) is 0.880. The highest BCUT2D eigenvalue weighted by Crippen LogP contribution is 2.31. The SMILES string of the molecule is CC1CC(Nc2ccccc2S(C)(=O)=O)C1. The van der Waals surface area contributed by atoms with Gasteiger partial charge >= 0.3 is 0 Å². The first-order chi connectivity index (χ1) is 7.47. The standard InChI is InChI=1S/C12H17NO2S/c1-9-7-10(8-9)13-11-5-3-4-6-12(11)16(2,14)15/h3-6,9-10,13H,7-8H2,1-2H3. The average Bonchev–Trinajstić information content (AvgIpc) is 2.14. The van der Waals surface area contributed by atoms with Crippen molar-refractivity contribution in [2.45, 2.75) is 30.7 Å². The normalized spacial score (nSPS) is 24.9. The van der Waals surface area contributed by atoms with Crippen molar-refractivity contribution in [1.82, 2.24) is 0 Å². The number of hydrogen-bond acceptors (Lipinski definition) is 3. The third kappa shape index (κ3) is 2.38. The summed E-state index contributed by atoms with van der Waals surface area (Å²) in [5, 5.41) is 3.30. The Hall–Kier alpha value is -1.03. The molecule has 0 atom stereocenters. The van der Waals surface area contributed by atoms with E-state index in [0.29, 0.717) is 10.9 Å². The summed E-state index contributed by atoms with van der Waals surface area (Å²) in [4.78, 5) is 0.398.